The highest BCUT2D eigenvalue weighted by molar-refractivity contribution is 7.89. The van der Waals surface area contributed by atoms with Crippen LogP contribution in [0.1, 0.15) is 0 Å². The van der Waals surface area contributed by atoms with Crippen molar-refractivity contribution in [3.63, 3.8) is 0 Å². The Morgan fingerprint density at radius 3 is 2.27 bits per heavy atom. The topological polar surface area (TPSA) is 75.3 Å². The van der Waals surface area contributed by atoms with E-state index in [1.54, 1.807) is 14.9 Å². The monoisotopic (exact) mass is 178 g/mol. The lowest BCUT2D eigenvalue weighted by atomic mass is 9.97. The molecule has 0 aromatic carbocycles. The number of hydrogen-bond donors (Lipinski definition) is 2. The second kappa shape index (κ2) is 3.73. The average molecular weight is 178 g/mol. The lowest BCUT2D eigenvalue weighted by Crippen LogP contribution is -2.44. The Labute approximate surface area is 67.0 Å². The van der Waals surface area contributed by atoms with Crippen LogP contribution in [0.25, 0.3) is 0 Å². The van der Waals surface area contributed by atoms with Crippen molar-refractivity contribution in [2.45, 2.75) is 5.94 Å². The smallest absolute Gasteiger partial charge is 0.241 e. The van der Waals surface area contributed by atoms with Crippen LogP contribution >= 0.6 is 0 Å². The molecule has 64 valence electrons. The molecule has 0 heterocycles. The summed E-state index contributed by atoms with van der Waals surface area (Å²) in [7, 11) is -0.272. The first-order chi connectivity index (χ1) is 4.87. The highest BCUT2D eigenvalue weighted by atomic mass is 32.2. The predicted molar refractivity (Wildman–Crippen MR) is 44.4 cm³/mol. The van der Waals surface area contributed by atoms with Crippen LogP contribution in [-0.2, 0) is 14.8 Å². The van der Waals surface area contributed by atoms with Gasteiger partial charge >= 0.3 is 0 Å². The highest BCUT2D eigenvalue weighted by Crippen LogP contribution is 1.78. The van der Waals surface area contributed by atoms with Gasteiger partial charge in [-0.05, 0) is 7.05 Å². The molecule has 0 rings (SSSR count). The molecule has 0 radical (unpaired) electrons. The maximum Gasteiger partial charge on any atom is 0.241 e. The molecule has 7 heteroatoms. The maximum atomic E-state index is 10.8. The van der Waals surface area contributed by atoms with Gasteiger partial charge in [-0.1, -0.05) is 0 Å². The van der Waals surface area contributed by atoms with Crippen molar-refractivity contribution in [3.8, 4) is 0 Å². The number of sulfonamides is 1. The fourth-order valence-electron chi connectivity index (χ4n) is 0.402. The number of hydrogen-bond acceptors (Lipinski definition) is 4. The van der Waals surface area contributed by atoms with Gasteiger partial charge in [-0.15, -0.1) is 0 Å². The minimum Gasteiger partial charge on any atom is -0.316 e. The Hall–Kier alpha value is -0.555. The summed E-state index contributed by atoms with van der Waals surface area (Å²) in [6, 6.07) is 0. The molecule has 0 aliphatic rings. The quantitative estimate of drug-likeness (QED) is 0.459. The molecule has 0 saturated heterocycles. The fourth-order valence-corrected chi connectivity index (χ4v) is 0.944. The summed E-state index contributed by atoms with van der Waals surface area (Å²) in [5.41, 5.74) is 0. The molecule has 0 bridgehead atoms. The van der Waals surface area contributed by atoms with Crippen molar-refractivity contribution >= 4 is 23.8 Å². The van der Waals surface area contributed by atoms with E-state index in [-0.39, 0.29) is 0 Å². The number of carbonyl (C=O) groups excluding carboxylic acids is 1. The number of carbonyl (C=O) groups is 1. The van der Waals surface area contributed by atoms with Gasteiger partial charge in [0.05, 0.1) is 12.2 Å². The summed E-state index contributed by atoms with van der Waals surface area (Å²) in [6.07, 6.45) is 0.938. The van der Waals surface area contributed by atoms with Crippen LogP contribution in [0.4, 0.5) is 0 Å². The number of amides is 1. The Balaban J connectivity index is 4.10. The zero-order valence-corrected chi connectivity index (χ0v) is 7.53. The van der Waals surface area contributed by atoms with Gasteiger partial charge in [0.2, 0.25) is 15.9 Å². The number of likely N-dealkylation sites (N-methyl/N-ethyl adjacent to an activating group) is 1. The lowest BCUT2D eigenvalue weighted by molar-refractivity contribution is -0.119. The van der Waals surface area contributed by atoms with Crippen molar-refractivity contribution in [1.82, 2.24) is 10.0 Å². The molecule has 5 nitrogen and oxygen atoms in total. The van der Waals surface area contributed by atoms with Crippen molar-refractivity contribution < 1.29 is 13.2 Å². The van der Waals surface area contributed by atoms with E-state index >= 15 is 0 Å². The third kappa shape index (κ3) is 4.80. The molecule has 0 spiro atoms. The molecule has 11 heavy (non-hydrogen) atoms. The van der Waals surface area contributed by atoms with Crippen LogP contribution in [-0.4, -0.2) is 41.4 Å². The number of nitrogens with one attached hydrogen (secondary N) is 2. The first kappa shape index (κ1) is 10.4. The van der Waals surface area contributed by atoms with Crippen LogP contribution in [0.2, 0.25) is 0 Å². The number of rotatable bonds is 3. The average Bonchev–Trinajstić information content (AvgIpc) is 1.82. The van der Waals surface area contributed by atoms with Crippen molar-refractivity contribution in [2.24, 2.45) is 0 Å². The third-order valence-corrected chi connectivity index (χ3v) is 1.68. The SMILES string of the molecule is BC(NC)C(=O)NS(C)(=O)=O. The molecular weight excluding hydrogens is 167 g/mol. The minimum atomic E-state index is -3.42. The predicted octanol–water partition coefficient (Wildman–Crippen LogP) is -2.76. The van der Waals surface area contributed by atoms with Gasteiger partial charge < -0.3 is 5.32 Å². The van der Waals surface area contributed by atoms with E-state index in [9.17, 15) is 13.2 Å². The first-order valence-corrected chi connectivity index (χ1v) is 4.95. The highest BCUT2D eigenvalue weighted by Gasteiger charge is 2.13. The van der Waals surface area contributed by atoms with E-state index in [0.717, 1.165) is 6.26 Å². The van der Waals surface area contributed by atoms with Gasteiger partial charge in [-0.25, -0.2) is 8.42 Å². The van der Waals surface area contributed by atoms with E-state index in [2.05, 4.69) is 5.32 Å². The molecule has 0 aliphatic carbocycles. The van der Waals surface area contributed by atoms with E-state index in [0.29, 0.717) is 0 Å². The third-order valence-electron chi connectivity index (χ3n) is 1.11. The Morgan fingerprint density at radius 1 is 1.55 bits per heavy atom. The minimum absolute atomic E-state index is 0.496. The van der Waals surface area contributed by atoms with Gasteiger partial charge in [-0.2, -0.15) is 0 Å². The van der Waals surface area contributed by atoms with E-state index in [4.69, 9.17) is 0 Å². The largest absolute Gasteiger partial charge is 0.316 e. The van der Waals surface area contributed by atoms with Gasteiger partial charge in [0.15, 0.2) is 0 Å². The molecule has 2 N–H and O–H groups in total. The molecule has 0 fully saturated rings. The molecule has 0 aliphatic heterocycles. The van der Waals surface area contributed by atoms with Crippen LogP contribution in [0.5, 0.6) is 0 Å². The van der Waals surface area contributed by atoms with Crippen LogP contribution < -0.4 is 10.0 Å². The zero-order valence-electron chi connectivity index (χ0n) is 6.71. The summed E-state index contributed by atoms with van der Waals surface area (Å²) < 4.78 is 22.8. The molecule has 0 saturated carbocycles. The van der Waals surface area contributed by atoms with Crippen molar-refractivity contribution in [3.05, 3.63) is 0 Å². The fraction of sp³-hybridized carbons (Fsp3) is 0.750. The molecule has 1 unspecified atom stereocenters. The van der Waals surface area contributed by atoms with Crippen LogP contribution in [0.3, 0.4) is 0 Å². The molecular formula is C4H11BN2O3S. The maximum absolute atomic E-state index is 10.8. The van der Waals surface area contributed by atoms with Crippen LogP contribution in [0, 0.1) is 0 Å². The summed E-state index contributed by atoms with van der Waals surface area (Å²) in [5.74, 6) is -1.04. The summed E-state index contributed by atoms with van der Waals surface area (Å²) in [4.78, 5) is 10.8. The molecule has 1 atom stereocenters. The molecule has 0 aromatic rings. The summed E-state index contributed by atoms with van der Waals surface area (Å²) >= 11 is 0. The lowest BCUT2D eigenvalue weighted by Gasteiger charge is -2.08. The zero-order chi connectivity index (χ0) is 9.07. The van der Waals surface area contributed by atoms with Crippen LogP contribution in [0.15, 0.2) is 0 Å². The van der Waals surface area contributed by atoms with E-state index < -0.39 is 21.9 Å². The van der Waals surface area contributed by atoms with E-state index in [1.165, 1.54) is 0 Å². The second-order valence-corrected chi connectivity index (χ2v) is 4.00. The van der Waals surface area contributed by atoms with E-state index in [1.807, 2.05) is 4.72 Å². The van der Waals surface area contributed by atoms with Crippen molar-refractivity contribution in [2.75, 3.05) is 13.3 Å². The normalized spacial score (nSPS) is 14.0. The summed E-state index contributed by atoms with van der Waals surface area (Å²) in [5, 5.41) is 2.61. The Morgan fingerprint density at radius 2 is 2.00 bits per heavy atom. The standard InChI is InChI=1S/C4H11BN2O3S/c1-6-3(5)4(8)7-11(2,9)10/h3,6H,5H2,1-2H3,(H,7,8). The van der Waals surface area contributed by atoms with Crippen molar-refractivity contribution in [1.29, 1.82) is 0 Å². The first-order valence-electron chi connectivity index (χ1n) is 3.05. The van der Waals surface area contributed by atoms with Gasteiger partial charge in [-0.3, -0.25) is 9.52 Å². The Bertz CT molecular complexity index is 238. The molecule has 0 aromatic heterocycles. The van der Waals surface area contributed by atoms with Gasteiger partial charge in [0.25, 0.3) is 0 Å². The molecule has 1 amide bonds. The van der Waals surface area contributed by atoms with Gasteiger partial charge in [0, 0.05) is 0 Å². The second-order valence-electron chi connectivity index (χ2n) is 2.25. The summed E-state index contributed by atoms with van der Waals surface area (Å²) in [6.45, 7) is 0. The Kier molecular flexibility index (Phi) is 3.54. The van der Waals surface area contributed by atoms with Gasteiger partial charge in [0.1, 0.15) is 7.85 Å².